The van der Waals surface area contributed by atoms with E-state index in [1.807, 2.05) is 20.8 Å². The Kier molecular flexibility index (Phi) is 9.29. The number of nitrogens with one attached hydrogen (secondary N) is 3. The molecule has 3 N–H and O–H groups in total. The van der Waals surface area contributed by atoms with Crippen molar-refractivity contribution in [1.82, 2.24) is 0 Å². The number of hydrogen-bond donors (Lipinski definition) is 3. The fraction of sp³-hybridized carbons (Fsp3) is 0.526. The molecule has 25 heavy (non-hydrogen) atoms. The van der Waals surface area contributed by atoms with Crippen molar-refractivity contribution in [3.63, 3.8) is 0 Å². The van der Waals surface area contributed by atoms with Gasteiger partial charge in [0.25, 0.3) is 0 Å². The Balaban J connectivity index is 2.94. The molecule has 0 aliphatic carbocycles. The van der Waals surface area contributed by atoms with E-state index in [1.54, 1.807) is 18.2 Å². The van der Waals surface area contributed by atoms with Crippen molar-refractivity contribution < 1.29 is 14.4 Å². The first-order chi connectivity index (χ1) is 12.0. The van der Waals surface area contributed by atoms with Crippen molar-refractivity contribution in [2.24, 2.45) is 5.92 Å². The maximum atomic E-state index is 11.9. The lowest BCUT2D eigenvalue weighted by Gasteiger charge is -2.15. The average molecular weight is 347 g/mol. The Hall–Kier alpha value is -2.37. The van der Waals surface area contributed by atoms with Crippen LogP contribution in [0.3, 0.4) is 0 Å². The minimum absolute atomic E-state index is 0.0650. The zero-order valence-electron chi connectivity index (χ0n) is 15.4. The van der Waals surface area contributed by atoms with E-state index in [2.05, 4.69) is 16.0 Å². The topological polar surface area (TPSA) is 87.3 Å². The number of aldehydes is 1. The van der Waals surface area contributed by atoms with Crippen molar-refractivity contribution >= 4 is 35.2 Å². The van der Waals surface area contributed by atoms with Crippen molar-refractivity contribution in [3.05, 3.63) is 18.2 Å². The van der Waals surface area contributed by atoms with Crippen LogP contribution in [0.15, 0.2) is 18.2 Å². The van der Waals surface area contributed by atoms with Crippen LogP contribution >= 0.6 is 0 Å². The highest BCUT2D eigenvalue weighted by Gasteiger charge is 2.09. The summed E-state index contributed by atoms with van der Waals surface area (Å²) in [5, 5.41) is 8.89. The Morgan fingerprint density at radius 2 is 1.40 bits per heavy atom. The summed E-state index contributed by atoms with van der Waals surface area (Å²) >= 11 is 0. The van der Waals surface area contributed by atoms with Crippen molar-refractivity contribution in [2.45, 2.75) is 52.9 Å². The molecule has 6 heteroatoms. The van der Waals surface area contributed by atoms with Gasteiger partial charge in [-0.05, 0) is 37.5 Å². The largest absolute Gasteiger partial charge is 0.384 e. The standard InChI is InChI=1S/C19H29N3O3/c1-4-7-18(24)21-16-9-15(20-12-14(6-3)13-23)10-17(11-16)22-19(25)8-5-2/h9-11,13-14,20H,4-8,12H2,1-3H3,(H,21,24)(H,22,25). The van der Waals surface area contributed by atoms with Crippen LogP contribution in [0.4, 0.5) is 17.1 Å². The molecule has 1 aromatic carbocycles. The predicted octanol–water partition coefficient (Wildman–Crippen LogP) is 3.80. The summed E-state index contributed by atoms with van der Waals surface area (Å²) in [4.78, 5) is 34.7. The monoisotopic (exact) mass is 347 g/mol. The van der Waals surface area contributed by atoms with E-state index >= 15 is 0 Å². The second kappa shape index (κ2) is 11.2. The molecule has 6 nitrogen and oxygen atoms in total. The quantitative estimate of drug-likeness (QED) is 0.531. The lowest BCUT2D eigenvalue weighted by Crippen LogP contribution is -2.16. The zero-order chi connectivity index (χ0) is 18.7. The molecule has 0 saturated heterocycles. The third kappa shape index (κ3) is 7.83. The third-order valence-corrected chi connectivity index (χ3v) is 3.74. The van der Waals surface area contributed by atoms with E-state index in [4.69, 9.17) is 0 Å². The van der Waals surface area contributed by atoms with Crippen LogP contribution < -0.4 is 16.0 Å². The van der Waals surface area contributed by atoms with Crippen molar-refractivity contribution in [1.29, 1.82) is 0 Å². The van der Waals surface area contributed by atoms with Crippen LogP contribution in [0.2, 0.25) is 0 Å². The highest BCUT2D eigenvalue weighted by molar-refractivity contribution is 5.95. The van der Waals surface area contributed by atoms with E-state index in [1.165, 1.54) is 0 Å². The fourth-order valence-corrected chi connectivity index (χ4v) is 2.31. The van der Waals surface area contributed by atoms with Gasteiger partial charge in [0.1, 0.15) is 6.29 Å². The van der Waals surface area contributed by atoms with Crippen LogP contribution in [0, 0.1) is 5.92 Å². The molecule has 0 aliphatic heterocycles. The minimum atomic E-state index is -0.0727. The summed E-state index contributed by atoms with van der Waals surface area (Å²) in [5.74, 6) is -0.203. The summed E-state index contributed by atoms with van der Waals surface area (Å²) in [6.45, 7) is 6.35. The zero-order valence-corrected chi connectivity index (χ0v) is 15.4. The van der Waals surface area contributed by atoms with E-state index in [0.29, 0.717) is 30.8 Å². The van der Waals surface area contributed by atoms with Crippen LogP contribution in [0.25, 0.3) is 0 Å². The SMILES string of the molecule is CCCC(=O)Nc1cc(NCC(C=O)CC)cc(NC(=O)CCC)c1. The van der Waals surface area contributed by atoms with Crippen molar-refractivity contribution in [2.75, 3.05) is 22.5 Å². The summed E-state index contributed by atoms with van der Waals surface area (Å²) in [6, 6.07) is 5.35. The number of anilines is 3. The van der Waals surface area contributed by atoms with Gasteiger partial charge in [-0.25, -0.2) is 0 Å². The highest BCUT2D eigenvalue weighted by Crippen LogP contribution is 2.24. The molecule has 0 aromatic heterocycles. The van der Waals surface area contributed by atoms with Gasteiger partial charge in [-0.3, -0.25) is 9.59 Å². The lowest BCUT2D eigenvalue weighted by atomic mass is 10.1. The lowest BCUT2D eigenvalue weighted by molar-refractivity contribution is -0.117. The average Bonchev–Trinajstić information content (AvgIpc) is 2.56. The number of amides is 2. The van der Waals surface area contributed by atoms with Crippen molar-refractivity contribution in [3.8, 4) is 0 Å². The third-order valence-electron chi connectivity index (χ3n) is 3.74. The molecular weight excluding hydrogens is 318 g/mol. The molecule has 1 atom stereocenters. The Bertz CT molecular complexity index is 549. The molecule has 1 aromatic rings. The van der Waals surface area contributed by atoms with Gasteiger partial charge in [-0.1, -0.05) is 20.8 Å². The Morgan fingerprint density at radius 3 is 1.80 bits per heavy atom. The molecule has 2 amide bonds. The molecule has 0 bridgehead atoms. The van der Waals surface area contributed by atoms with Gasteiger partial charge in [-0.2, -0.15) is 0 Å². The number of benzene rings is 1. The summed E-state index contributed by atoms with van der Waals surface area (Å²) in [6.07, 6.45) is 4.10. The molecule has 1 unspecified atom stereocenters. The minimum Gasteiger partial charge on any atom is -0.384 e. The van der Waals surface area contributed by atoms with Gasteiger partial charge in [-0.15, -0.1) is 0 Å². The van der Waals surface area contributed by atoms with Crippen LogP contribution in [-0.2, 0) is 14.4 Å². The van der Waals surface area contributed by atoms with Crippen LogP contribution in [0.5, 0.6) is 0 Å². The second-order valence-corrected chi connectivity index (χ2v) is 6.08. The van der Waals surface area contributed by atoms with Gasteiger partial charge in [0.2, 0.25) is 11.8 Å². The van der Waals surface area contributed by atoms with E-state index in [9.17, 15) is 14.4 Å². The van der Waals surface area contributed by atoms with Crippen LogP contribution in [-0.4, -0.2) is 24.6 Å². The maximum Gasteiger partial charge on any atom is 0.224 e. The molecule has 0 spiro atoms. The Morgan fingerprint density at radius 1 is 0.920 bits per heavy atom. The fourth-order valence-electron chi connectivity index (χ4n) is 2.31. The second-order valence-electron chi connectivity index (χ2n) is 6.08. The predicted molar refractivity (Wildman–Crippen MR) is 102 cm³/mol. The summed E-state index contributed by atoms with van der Waals surface area (Å²) in [5.41, 5.74) is 1.99. The van der Waals surface area contributed by atoms with E-state index in [0.717, 1.165) is 31.2 Å². The molecule has 0 aliphatic rings. The smallest absolute Gasteiger partial charge is 0.224 e. The number of rotatable bonds is 11. The summed E-state index contributed by atoms with van der Waals surface area (Å²) in [7, 11) is 0. The van der Waals surface area contributed by atoms with Gasteiger partial charge in [0.05, 0.1) is 0 Å². The molecule has 1 rings (SSSR count). The van der Waals surface area contributed by atoms with Gasteiger partial charge in [0, 0.05) is 42.4 Å². The first kappa shape index (κ1) is 20.7. The first-order valence-electron chi connectivity index (χ1n) is 8.96. The molecule has 0 saturated carbocycles. The highest BCUT2D eigenvalue weighted by atomic mass is 16.2. The van der Waals surface area contributed by atoms with Gasteiger partial charge < -0.3 is 20.7 Å². The van der Waals surface area contributed by atoms with Gasteiger partial charge in [0.15, 0.2) is 0 Å². The van der Waals surface area contributed by atoms with Crippen LogP contribution in [0.1, 0.15) is 52.9 Å². The number of carbonyl (C=O) groups is 3. The van der Waals surface area contributed by atoms with E-state index in [-0.39, 0.29) is 17.7 Å². The summed E-state index contributed by atoms with van der Waals surface area (Å²) < 4.78 is 0. The normalized spacial score (nSPS) is 11.5. The molecule has 0 heterocycles. The molecule has 0 radical (unpaired) electrons. The molecule has 0 fully saturated rings. The van der Waals surface area contributed by atoms with Gasteiger partial charge >= 0.3 is 0 Å². The Labute approximate surface area is 149 Å². The number of carbonyl (C=O) groups excluding carboxylic acids is 3. The molecular formula is C19H29N3O3. The molecule has 138 valence electrons. The maximum absolute atomic E-state index is 11.9. The first-order valence-corrected chi connectivity index (χ1v) is 8.96. The number of hydrogen-bond acceptors (Lipinski definition) is 4. The van der Waals surface area contributed by atoms with E-state index < -0.39 is 0 Å².